The first-order chi connectivity index (χ1) is 9.16. The number of carboxylic acids is 1. The SMILES string of the molecule is O=C(O)c1cc(COCc2ccccc2Cl)ccn1. The van der Waals surface area contributed by atoms with E-state index in [1.807, 2.05) is 18.2 Å². The van der Waals surface area contributed by atoms with Crippen molar-refractivity contribution in [2.75, 3.05) is 0 Å². The molecule has 1 aromatic heterocycles. The topological polar surface area (TPSA) is 59.4 Å². The van der Waals surface area contributed by atoms with Gasteiger partial charge in [0.15, 0.2) is 0 Å². The van der Waals surface area contributed by atoms with Gasteiger partial charge >= 0.3 is 5.97 Å². The molecule has 0 atom stereocenters. The summed E-state index contributed by atoms with van der Waals surface area (Å²) < 4.78 is 5.52. The van der Waals surface area contributed by atoms with Crippen LogP contribution in [0, 0.1) is 0 Å². The van der Waals surface area contributed by atoms with Crippen molar-refractivity contribution in [1.82, 2.24) is 4.98 Å². The van der Waals surface area contributed by atoms with E-state index in [0.717, 1.165) is 11.1 Å². The fraction of sp³-hybridized carbons (Fsp3) is 0.143. The lowest BCUT2D eigenvalue weighted by molar-refractivity contribution is 0.0689. The average Bonchev–Trinajstić information content (AvgIpc) is 2.41. The summed E-state index contributed by atoms with van der Waals surface area (Å²) in [6.07, 6.45) is 1.46. The normalized spacial score (nSPS) is 10.4. The van der Waals surface area contributed by atoms with Crippen LogP contribution in [0.5, 0.6) is 0 Å². The molecule has 0 radical (unpaired) electrons. The second kappa shape index (κ2) is 6.31. The summed E-state index contributed by atoms with van der Waals surface area (Å²) in [6.45, 7) is 0.693. The Labute approximate surface area is 115 Å². The maximum absolute atomic E-state index is 10.8. The van der Waals surface area contributed by atoms with E-state index in [4.69, 9.17) is 21.4 Å². The molecule has 1 heterocycles. The number of aromatic carboxylic acids is 1. The maximum atomic E-state index is 10.8. The van der Waals surface area contributed by atoms with Crippen molar-refractivity contribution in [1.29, 1.82) is 0 Å². The predicted octanol–water partition coefficient (Wildman–Crippen LogP) is 3.15. The summed E-state index contributed by atoms with van der Waals surface area (Å²) in [5, 5.41) is 9.48. The molecule has 98 valence electrons. The fourth-order valence-corrected chi connectivity index (χ4v) is 1.77. The number of rotatable bonds is 5. The first-order valence-corrected chi connectivity index (χ1v) is 6.04. The summed E-state index contributed by atoms with van der Waals surface area (Å²) in [5.41, 5.74) is 1.68. The highest BCUT2D eigenvalue weighted by Crippen LogP contribution is 2.16. The molecule has 1 N–H and O–H groups in total. The summed E-state index contributed by atoms with van der Waals surface area (Å²) in [6, 6.07) is 10.6. The van der Waals surface area contributed by atoms with Gasteiger partial charge in [0, 0.05) is 11.2 Å². The van der Waals surface area contributed by atoms with Crippen molar-refractivity contribution >= 4 is 17.6 Å². The van der Waals surface area contributed by atoms with Crippen LogP contribution in [0.15, 0.2) is 42.6 Å². The molecule has 1 aromatic carbocycles. The highest BCUT2D eigenvalue weighted by molar-refractivity contribution is 6.31. The zero-order chi connectivity index (χ0) is 13.7. The number of hydrogen-bond acceptors (Lipinski definition) is 3. The third-order valence-electron chi connectivity index (χ3n) is 2.53. The molecular weight excluding hydrogens is 266 g/mol. The van der Waals surface area contributed by atoms with Crippen LogP contribution < -0.4 is 0 Å². The molecule has 0 saturated carbocycles. The van der Waals surface area contributed by atoms with Gasteiger partial charge in [0.25, 0.3) is 0 Å². The van der Waals surface area contributed by atoms with Gasteiger partial charge in [-0.25, -0.2) is 9.78 Å². The molecule has 0 aliphatic heterocycles. The summed E-state index contributed by atoms with van der Waals surface area (Å²) >= 11 is 6.01. The van der Waals surface area contributed by atoms with Crippen LogP contribution in [0.3, 0.4) is 0 Å². The van der Waals surface area contributed by atoms with Crippen LogP contribution in [0.2, 0.25) is 5.02 Å². The van der Waals surface area contributed by atoms with E-state index in [9.17, 15) is 4.79 Å². The molecule has 4 nitrogen and oxygen atoms in total. The van der Waals surface area contributed by atoms with Crippen molar-refractivity contribution in [2.24, 2.45) is 0 Å². The molecule has 0 aliphatic rings. The van der Waals surface area contributed by atoms with Gasteiger partial charge in [0.1, 0.15) is 5.69 Å². The highest BCUT2D eigenvalue weighted by Gasteiger charge is 2.05. The number of aromatic nitrogens is 1. The number of benzene rings is 1. The number of hydrogen-bond donors (Lipinski definition) is 1. The van der Waals surface area contributed by atoms with E-state index in [0.29, 0.717) is 18.2 Å². The standard InChI is InChI=1S/C14H12ClNO3/c15-12-4-2-1-3-11(12)9-19-8-10-5-6-16-13(7-10)14(17)18/h1-7H,8-9H2,(H,17,18). The minimum atomic E-state index is -1.05. The van der Waals surface area contributed by atoms with E-state index in [-0.39, 0.29) is 5.69 Å². The van der Waals surface area contributed by atoms with Crippen LogP contribution in [-0.4, -0.2) is 16.1 Å². The van der Waals surface area contributed by atoms with Gasteiger partial charge in [0.05, 0.1) is 13.2 Å². The van der Waals surface area contributed by atoms with Crippen LogP contribution in [-0.2, 0) is 18.0 Å². The number of ether oxygens (including phenoxy) is 1. The quantitative estimate of drug-likeness (QED) is 0.912. The molecule has 0 amide bonds. The maximum Gasteiger partial charge on any atom is 0.354 e. The molecule has 0 saturated heterocycles. The van der Waals surface area contributed by atoms with Gasteiger partial charge in [-0.15, -0.1) is 0 Å². The predicted molar refractivity (Wildman–Crippen MR) is 71.1 cm³/mol. The third kappa shape index (κ3) is 3.77. The molecule has 0 fully saturated rings. The highest BCUT2D eigenvalue weighted by atomic mass is 35.5. The smallest absolute Gasteiger partial charge is 0.354 e. The van der Waals surface area contributed by atoms with E-state index in [2.05, 4.69) is 4.98 Å². The van der Waals surface area contributed by atoms with E-state index < -0.39 is 5.97 Å². The second-order valence-corrected chi connectivity index (χ2v) is 4.35. The Bertz CT molecular complexity index is 586. The number of halogens is 1. The average molecular weight is 278 g/mol. The van der Waals surface area contributed by atoms with Crippen LogP contribution in [0.4, 0.5) is 0 Å². The van der Waals surface area contributed by atoms with Gasteiger partial charge in [0.2, 0.25) is 0 Å². The first-order valence-electron chi connectivity index (χ1n) is 5.66. The Morgan fingerprint density at radius 3 is 2.79 bits per heavy atom. The number of carbonyl (C=O) groups is 1. The molecule has 0 aliphatic carbocycles. The van der Waals surface area contributed by atoms with Crippen molar-refractivity contribution in [2.45, 2.75) is 13.2 Å². The molecule has 2 rings (SSSR count). The minimum Gasteiger partial charge on any atom is -0.477 e. The monoisotopic (exact) mass is 277 g/mol. The second-order valence-electron chi connectivity index (χ2n) is 3.94. The molecule has 2 aromatic rings. The zero-order valence-electron chi connectivity index (χ0n) is 10.0. The fourth-order valence-electron chi connectivity index (χ4n) is 1.58. The lowest BCUT2D eigenvalue weighted by atomic mass is 10.2. The van der Waals surface area contributed by atoms with Crippen molar-refractivity contribution in [3.63, 3.8) is 0 Å². The summed E-state index contributed by atoms with van der Waals surface area (Å²) in [7, 11) is 0. The van der Waals surface area contributed by atoms with Crippen molar-refractivity contribution in [3.8, 4) is 0 Å². The van der Waals surface area contributed by atoms with Gasteiger partial charge in [-0.2, -0.15) is 0 Å². The van der Waals surface area contributed by atoms with Gasteiger partial charge in [-0.1, -0.05) is 29.8 Å². The summed E-state index contributed by atoms with van der Waals surface area (Å²) in [4.78, 5) is 14.5. The van der Waals surface area contributed by atoms with Crippen molar-refractivity contribution < 1.29 is 14.6 Å². The molecule has 0 bridgehead atoms. The Morgan fingerprint density at radius 2 is 2.05 bits per heavy atom. The molecule has 0 unspecified atom stereocenters. The molecule has 5 heteroatoms. The van der Waals surface area contributed by atoms with Crippen molar-refractivity contribution in [3.05, 3.63) is 64.4 Å². The lowest BCUT2D eigenvalue weighted by Gasteiger charge is -2.06. The Balaban J connectivity index is 1.94. The van der Waals surface area contributed by atoms with E-state index >= 15 is 0 Å². The summed E-state index contributed by atoms with van der Waals surface area (Å²) in [5.74, 6) is -1.05. The number of carboxylic acid groups (broad SMARTS) is 1. The van der Waals surface area contributed by atoms with Crippen LogP contribution in [0.1, 0.15) is 21.6 Å². The lowest BCUT2D eigenvalue weighted by Crippen LogP contribution is -2.02. The Morgan fingerprint density at radius 1 is 1.26 bits per heavy atom. The van der Waals surface area contributed by atoms with E-state index in [1.165, 1.54) is 12.3 Å². The third-order valence-corrected chi connectivity index (χ3v) is 2.90. The Hall–Kier alpha value is -1.91. The molecular formula is C14H12ClNO3. The molecule has 0 spiro atoms. The minimum absolute atomic E-state index is 0.0128. The Kier molecular flexibility index (Phi) is 4.49. The van der Waals surface area contributed by atoms with Crippen LogP contribution >= 0.6 is 11.6 Å². The van der Waals surface area contributed by atoms with Gasteiger partial charge in [-0.05, 0) is 29.3 Å². The zero-order valence-corrected chi connectivity index (χ0v) is 10.8. The van der Waals surface area contributed by atoms with Gasteiger partial charge < -0.3 is 9.84 Å². The van der Waals surface area contributed by atoms with Gasteiger partial charge in [-0.3, -0.25) is 0 Å². The number of nitrogens with zero attached hydrogens (tertiary/aromatic N) is 1. The first kappa shape index (κ1) is 13.5. The number of pyridine rings is 1. The van der Waals surface area contributed by atoms with E-state index in [1.54, 1.807) is 12.1 Å². The van der Waals surface area contributed by atoms with Crippen LogP contribution in [0.25, 0.3) is 0 Å². The molecule has 19 heavy (non-hydrogen) atoms. The largest absolute Gasteiger partial charge is 0.477 e.